The van der Waals surface area contributed by atoms with Crippen molar-refractivity contribution in [2.45, 2.75) is 44.8 Å². The zero-order chi connectivity index (χ0) is 19.4. The van der Waals surface area contributed by atoms with Gasteiger partial charge < -0.3 is 24.4 Å². The van der Waals surface area contributed by atoms with Crippen LogP contribution in [0.2, 0.25) is 0 Å². The molecule has 156 valence electrons. The third-order valence-corrected chi connectivity index (χ3v) is 5.19. The van der Waals surface area contributed by atoms with Gasteiger partial charge in [-0.1, -0.05) is 30.3 Å². The fraction of sp³-hybridized carbons (Fsp3) is 0.682. The van der Waals surface area contributed by atoms with E-state index in [4.69, 9.17) is 19.2 Å². The number of benzene rings is 1. The molecular formula is C22H35N3O3. The first-order valence-electron chi connectivity index (χ1n) is 10.7. The Morgan fingerprint density at radius 2 is 2.04 bits per heavy atom. The predicted molar refractivity (Wildman–Crippen MR) is 112 cm³/mol. The molecule has 2 heterocycles. The summed E-state index contributed by atoms with van der Waals surface area (Å²) in [5.74, 6) is 0.984. The minimum absolute atomic E-state index is 0.154. The Labute approximate surface area is 169 Å². The number of guanidine groups is 1. The van der Waals surface area contributed by atoms with Gasteiger partial charge in [-0.25, -0.2) is 0 Å². The zero-order valence-electron chi connectivity index (χ0n) is 17.1. The van der Waals surface area contributed by atoms with E-state index < -0.39 is 0 Å². The summed E-state index contributed by atoms with van der Waals surface area (Å²) in [7, 11) is 0. The molecule has 6 heteroatoms. The molecule has 0 bridgehead atoms. The van der Waals surface area contributed by atoms with E-state index in [2.05, 4.69) is 41.4 Å². The highest BCUT2D eigenvalue weighted by molar-refractivity contribution is 5.80. The number of rotatable bonds is 9. The molecule has 2 aliphatic heterocycles. The third-order valence-electron chi connectivity index (χ3n) is 5.19. The van der Waals surface area contributed by atoms with E-state index in [1.165, 1.54) is 5.56 Å². The maximum Gasteiger partial charge on any atom is 0.194 e. The lowest BCUT2D eigenvalue weighted by Crippen LogP contribution is -2.53. The minimum Gasteiger partial charge on any atom is -0.381 e. The summed E-state index contributed by atoms with van der Waals surface area (Å²) in [5, 5.41) is 3.43. The zero-order valence-corrected chi connectivity index (χ0v) is 17.1. The fourth-order valence-corrected chi connectivity index (χ4v) is 3.70. The standard InChI is InChI=1S/C22H35N3O3/c1-2-23-22(25-13-17-28-21(18-25)20-10-6-15-27-20)24-12-7-14-26-16-11-19-8-4-3-5-9-19/h3-5,8-9,20-21H,2,6-7,10-18H2,1H3,(H,23,24). The number of hydrogen-bond donors (Lipinski definition) is 1. The van der Waals surface area contributed by atoms with Gasteiger partial charge >= 0.3 is 0 Å². The van der Waals surface area contributed by atoms with Crippen molar-refractivity contribution in [2.24, 2.45) is 4.99 Å². The van der Waals surface area contributed by atoms with Crippen LogP contribution in [0.15, 0.2) is 35.3 Å². The van der Waals surface area contributed by atoms with Gasteiger partial charge in [0, 0.05) is 39.4 Å². The van der Waals surface area contributed by atoms with Gasteiger partial charge in [0.15, 0.2) is 5.96 Å². The number of nitrogens with one attached hydrogen (secondary N) is 1. The molecule has 2 unspecified atom stereocenters. The van der Waals surface area contributed by atoms with Gasteiger partial charge in [-0.15, -0.1) is 0 Å². The van der Waals surface area contributed by atoms with Crippen molar-refractivity contribution in [1.82, 2.24) is 10.2 Å². The fourth-order valence-electron chi connectivity index (χ4n) is 3.70. The second-order valence-corrected chi connectivity index (χ2v) is 7.34. The van der Waals surface area contributed by atoms with Gasteiger partial charge in [-0.2, -0.15) is 0 Å². The summed E-state index contributed by atoms with van der Waals surface area (Å²) in [6, 6.07) is 10.5. The van der Waals surface area contributed by atoms with E-state index in [0.717, 1.165) is 84.2 Å². The topological polar surface area (TPSA) is 55.3 Å². The Morgan fingerprint density at radius 1 is 1.18 bits per heavy atom. The Balaban J connectivity index is 1.37. The number of morpholine rings is 1. The van der Waals surface area contributed by atoms with E-state index in [-0.39, 0.29) is 12.2 Å². The van der Waals surface area contributed by atoms with E-state index in [0.29, 0.717) is 0 Å². The largest absolute Gasteiger partial charge is 0.381 e. The molecule has 2 saturated heterocycles. The van der Waals surface area contributed by atoms with Crippen LogP contribution in [0.5, 0.6) is 0 Å². The van der Waals surface area contributed by atoms with Crippen molar-refractivity contribution in [3.8, 4) is 0 Å². The van der Waals surface area contributed by atoms with Gasteiger partial charge in [0.05, 0.1) is 19.3 Å². The van der Waals surface area contributed by atoms with E-state index in [1.807, 2.05) is 6.07 Å². The monoisotopic (exact) mass is 389 g/mol. The summed E-state index contributed by atoms with van der Waals surface area (Å²) in [6.07, 6.45) is 4.54. The Bertz CT molecular complexity index is 576. The molecule has 1 aromatic rings. The first kappa shape index (κ1) is 21.1. The molecule has 0 radical (unpaired) electrons. The quantitative estimate of drug-likeness (QED) is 0.399. The molecule has 2 fully saturated rings. The summed E-state index contributed by atoms with van der Waals surface area (Å²) in [4.78, 5) is 7.12. The number of aliphatic imine (C=N–C) groups is 1. The van der Waals surface area contributed by atoms with Crippen LogP contribution >= 0.6 is 0 Å². The van der Waals surface area contributed by atoms with Crippen molar-refractivity contribution in [1.29, 1.82) is 0 Å². The van der Waals surface area contributed by atoms with Crippen LogP contribution in [0.1, 0.15) is 31.7 Å². The normalized spacial score (nSPS) is 23.2. The van der Waals surface area contributed by atoms with Crippen LogP contribution in [0.25, 0.3) is 0 Å². The molecule has 3 rings (SSSR count). The van der Waals surface area contributed by atoms with Crippen molar-refractivity contribution in [3.05, 3.63) is 35.9 Å². The molecular weight excluding hydrogens is 354 g/mol. The molecule has 0 saturated carbocycles. The lowest BCUT2D eigenvalue weighted by atomic mass is 10.1. The highest BCUT2D eigenvalue weighted by atomic mass is 16.5. The average Bonchev–Trinajstić information content (AvgIpc) is 3.28. The van der Waals surface area contributed by atoms with E-state index in [1.54, 1.807) is 0 Å². The molecule has 0 aromatic heterocycles. The SMILES string of the molecule is CCNC(=NCCCOCCc1ccccc1)N1CCOC(C2CCCO2)C1. The molecule has 1 aromatic carbocycles. The van der Waals surface area contributed by atoms with Crippen molar-refractivity contribution < 1.29 is 14.2 Å². The molecule has 6 nitrogen and oxygen atoms in total. The van der Waals surface area contributed by atoms with Crippen molar-refractivity contribution in [3.63, 3.8) is 0 Å². The molecule has 2 aliphatic rings. The molecule has 0 amide bonds. The first-order valence-corrected chi connectivity index (χ1v) is 10.7. The van der Waals surface area contributed by atoms with Gasteiger partial charge in [0.25, 0.3) is 0 Å². The van der Waals surface area contributed by atoms with Crippen LogP contribution in [-0.2, 0) is 20.6 Å². The molecule has 0 aliphatic carbocycles. The highest BCUT2D eigenvalue weighted by Gasteiger charge is 2.32. The van der Waals surface area contributed by atoms with Crippen LogP contribution in [0, 0.1) is 0 Å². The maximum absolute atomic E-state index is 5.96. The van der Waals surface area contributed by atoms with Crippen molar-refractivity contribution in [2.75, 3.05) is 52.6 Å². The van der Waals surface area contributed by atoms with Crippen LogP contribution < -0.4 is 5.32 Å². The van der Waals surface area contributed by atoms with Gasteiger partial charge in [0.1, 0.15) is 6.10 Å². The highest BCUT2D eigenvalue weighted by Crippen LogP contribution is 2.21. The summed E-state index contributed by atoms with van der Waals surface area (Å²) in [6.45, 7) is 8.59. The number of nitrogens with zero attached hydrogens (tertiary/aromatic N) is 2. The van der Waals surface area contributed by atoms with Crippen LogP contribution in [0.4, 0.5) is 0 Å². The maximum atomic E-state index is 5.96. The van der Waals surface area contributed by atoms with Gasteiger partial charge in [-0.05, 0) is 38.2 Å². The predicted octanol–water partition coefficient (Wildman–Crippen LogP) is 2.48. The first-order chi connectivity index (χ1) is 13.9. The van der Waals surface area contributed by atoms with E-state index >= 15 is 0 Å². The summed E-state index contributed by atoms with van der Waals surface area (Å²) in [5.41, 5.74) is 1.32. The molecule has 1 N–H and O–H groups in total. The lowest BCUT2D eigenvalue weighted by Gasteiger charge is -2.37. The molecule has 28 heavy (non-hydrogen) atoms. The Morgan fingerprint density at radius 3 is 2.82 bits per heavy atom. The third kappa shape index (κ3) is 6.76. The van der Waals surface area contributed by atoms with Crippen molar-refractivity contribution >= 4 is 5.96 Å². The lowest BCUT2D eigenvalue weighted by molar-refractivity contribution is -0.0817. The van der Waals surface area contributed by atoms with Crippen LogP contribution in [0.3, 0.4) is 0 Å². The Kier molecular flexibility index (Phi) is 9.07. The smallest absolute Gasteiger partial charge is 0.194 e. The minimum atomic E-state index is 0.154. The number of ether oxygens (including phenoxy) is 3. The number of hydrogen-bond acceptors (Lipinski definition) is 4. The summed E-state index contributed by atoms with van der Waals surface area (Å²) < 4.78 is 17.5. The summed E-state index contributed by atoms with van der Waals surface area (Å²) >= 11 is 0. The Hall–Kier alpha value is -1.63. The molecule has 2 atom stereocenters. The van der Waals surface area contributed by atoms with Gasteiger partial charge in [0.2, 0.25) is 0 Å². The van der Waals surface area contributed by atoms with E-state index in [9.17, 15) is 0 Å². The second-order valence-electron chi connectivity index (χ2n) is 7.34. The second kappa shape index (κ2) is 12.0. The average molecular weight is 390 g/mol. The molecule has 0 spiro atoms. The van der Waals surface area contributed by atoms with Crippen LogP contribution in [-0.4, -0.2) is 75.7 Å². The van der Waals surface area contributed by atoms with Gasteiger partial charge in [-0.3, -0.25) is 4.99 Å².